The third kappa shape index (κ3) is 7.81. The molecule has 0 aliphatic carbocycles. The number of H-pyrrole nitrogens is 2. The number of carboxylic acid groups (broad SMARTS) is 1. The normalized spacial score (nSPS) is 19.0. The minimum Gasteiger partial charge on any atom is -0.465 e. The Hall–Kier alpha value is -7.10. The average molecular weight is 868 g/mol. The van der Waals surface area contributed by atoms with Crippen LogP contribution in [0.5, 0.6) is 5.75 Å². The fourth-order valence-corrected chi connectivity index (χ4v) is 9.51. The van der Waals surface area contributed by atoms with Crippen LogP contribution in [0.25, 0.3) is 44.7 Å². The molecule has 2 fully saturated rings. The second kappa shape index (κ2) is 17.2. The zero-order chi connectivity index (χ0) is 44.8. The highest BCUT2D eigenvalue weighted by atomic mass is 16.5. The molecule has 0 saturated carbocycles. The third-order valence-corrected chi connectivity index (χ3v) is 12.8. The molecule has 3 aromatic heterocycles. The molecule has 16 nitrogen and oxygen atoms in total. The first-order valence-corrected chi connectivity index (χ1v) is 22.0. The number of carbonyl (C=O) groups excluding carboxylic acids is 3. The Morgan fingerprint density at radius 3 is 1.92 bits per heavy atom. The first kappa shape index (κ1) is 42.2. The Balaban J connectivity index is 1.01. The number of fused-ring (bicyclic) bond motifs is 5. The van der Waals surface area contributed by atoms with Gasteiger partial charge in [0.15, 0.2) is 0 Å². The van der Waals surface area contributed by atoms with Crippen LogP contribution in [0.1, 0.15) is 88.9 Å². The van der Waals surface area contributed by atoms with Gasteiger partial charge in [-0.3, -0.25) is 9.59 Å². The van der Waals surface area contributed by atoms with Crippen LogP contribution in [0.2, 0.25) is 0 Å². The summed E-state index contributed by atoms with van der Waals surface area (Å²) in [5.74, 6) is 1.32. The van der Waals surface area contributed by atoms with Gasteiger partial charge in [-0.2, -0.15) is 0 Å². The van der Waals surface area contributed by atoms with Crippen molar-refractivity contribution in [3.63, 3.8) is 0 Å². The van der Waals surface area contributed by atoms with E-state index in [1.807, 2.05) is 69.1 Å². The van der Waals surface area contributed by atoms with Crippen molar-refractivity contribution in [2.45, 2.75) is 83.8 Å². The van der Waals surface area contributed by atoms with E-state index in [2.05, 4.69) is 67.6 Å². The number of alkyl carbamates (subject to hydrolysis) is 1. The van der Waals surface area contributed by atoms with Crippen molar-refractivity contribution in [2.24, 2.45) is 11.8 Å². The number of carbonyl (C=O) groups is 4. The fraction of sp³-hybridized carbons (Fsp3) is 0.375. The van der Waals surface area contributed by atoms with Gasteiger partial charge in [-0.1, -0.05) is 70.2 Å². The van der Waals surface area contributed by atoms with Gasteiger partial charge in [0, 0.05) is 40.7 Å². The molecule has 332 valence electrons. The van der Waals surface area contributed by atoms with Crippen LogP contribution in [0.15, 0.2) is 85.2 Å². The van der Waals surface area contributed by atoms with E-state index >= 15 is 0 Å². The van der Waals surface area contributed by atoms with E-state index in [4.69, 9.17) is 19.4 Å². The number of nitrogens with zero attached hydrogens (tertiary/aromatic N) is 5. The van der Waals surface area contributed by atoms with Gasteiger partial charge in [0.2, 0.25) is 18.0 Å². The Bertz CT molecular complexity index is 2720. The van der Waals surface area contributed by atoms with E-state index in [-0.39, 0.29) is 35.7 Å². The van der Waals surface area contributed by atoms with Crippen LogP contribution >= 0.6 is 0 Å². The molecule has 6 aromatic rings. The predicted octanol–water partition coefficient (Wildman–Crippen LogP) is 8.03. The number of methoxy groups -OCH3 is 1. The number of nitrogens with one attached hydrogen (secondary N) is 4. The standard InChI is InChI=1S/C48H53N9O7/c1-26(2)40(53-47(60)61)44(58)55-19-9-13-36(55)43-50-25-34(52-43)30-15-17-32-38-22-31-21-29(16-18-35(31)57(38)46(64-39(32)23-30)28-11-7-6-8-12-28)33-24-49-42(51-33)37-14-10-20-56(37)45(59)41(27(3)4)54-48(62)63-5/h6-8,11-12,15-18,21-27,36-37,40-41,46,53H,9-10,13-14,19-20H2,1-5H3,(H,49,51)(H,50,52)(H,54,62)(H,60,61)/t36-,37-,40-,41-,46?/m0/s1. The van der Waals surface area contributed by atoms with Gasteiger partial charge >= 0.3 is 12.2 Å². The highest BCUT2D eigenvalue weighted by Crippen LogP contribution is 2.46. The number of amides is 4. The van der Waals surface area contributed by atoms with Crippen molar-refractivity contribution in [3.05, 3.63) is 102 Å². The predicted molar refractivity (Wildman–Crippen MR) is 239 cm³/mol. The van der Waals surface area contributed by atoms with Crippen molar-refractivity contribution in [1.82, 2.24) is 44.9 Å². The monoisotopic (exact) mass is 867 g/mol. The molecule has 16 heteroatoms. The van der Waals surface area contributed by atoms with Crippen molar-refractivity contribution in [2.75, 3.05) is 20.2 Å². The largest absolute Gasteiger partial charge is 0.465 e. The minimum atomic E-state index is -1.22. The summed E-state index contributed by atoms with van der Waals surface area (Å²) in [6, 6.07) is 22.6. The maximum Gasteiger partial charge on any atom is 0.407 e. The summed E-state index contributed by atoms with van der Waals surface area (Å²) in [5, 5.41) is 15.5. The number of aromatic amines is 2. The highest BCUT2D eigenvalue weighted by molar-refractivity contribution is 5.93. The Morgan fingerprint density at radius 1 is 0.766 bits per heavy atom. The fourth-order valence-electron chi connectivity index (χ4n) is 9.51. The maximum absolute atomic E-state index is 13.8. The number of ether oxygens (including phenoxy) is 2. The van der Waals surface area contributed by atoms with Crippen LogP contribution in [0.4, 0.5) is 9.59 Å². The first-order valence-electron chi connectivity index (χ1n) is 22.0. The summed E-state index contributed by atoms with van der Waals surface area (Å²) in [6.07, 6.45) is 4.35. The van der Waals surface area contributed by atoms with Crippen LogP contribution in [0, 0.1) is 11.8 Å². The molecule has 0 radical (unpaired) electrons. The molecular formula is C48H53N9O7. The highest BCUT2D eigenvalue weighted by Gasteiger charge is 2.39. The molecule has 5 atom stereocenters. The van der Waals surface area contributed by atoms with Gasteiger partial charge in [-0.15, -0.1) is 0 Å². The first-order chi connectivity index (χ1) is 30.9. The van der Waals surface area contributed by atoms with Crippen molar-refractivity contribution in [1.29, 1.82) is 0 Å². The number of aromatic nitrogens is 5. The molecule has 3 aromatic carbocycles. The molecule has 2 saturated heterocycles. The number of hydrogen-bond acceptors (Lipinski definition) is 8. The van der Waals surface area contributed by atoms with Gasteiger partial charge in [0.05, 0.1) is 54.2 Å². The summed E-state index contributed by atoms with van der Waals surface area (Å²) in [5.41, 5.74) is 7.34. The van der Waals surface area contributed by atoms with Crippen molar-refractivity contribution >= 4 is 34.9 Å². The molecule has 0 spiro atoms. The second-order valence-corrected chi connectivity index (χ2v) is 17.5. The molecule has 6 heterocycles. The van der Waals surface area contributed by atoms with E-state index in [0.717, 1.165) is 69.5 Å². The molecule has 5 N–H and O–H groups in total. The van der Waals surface area contributed by atoms with Gasteiger partial charge in [0.25, 0.3) is 0 Å². The van der Waals surface area contributed by atoms with Crippen LogP contribution in [0.3, 0.4) is 0 Å². The minimum absolute atomic E-state index is 0.130. The molecule has 0 bridgehead atoms. The molecule has 9 rings (SSSR count). The van der Waals surface area contributed by atoms with Gasteiger partial charge in [-0.25, -0.2) is 19.6 Å². The van der Waals surface area contributed by atoms with E-state index in [0.29, 0.717) is 36.9 Å². The number of hydrogen-bond donors (Lipinski definition) is 5. The molecule has 3 aliphatic rings. The van der Waals surface area contributed by atoms with E-state index in [1.165, 1.54) is 7.11 Å². The Kier molecular flexibility index (Phi) is 11.4. The van der Waals surface area contributed by atoms with Crippen molar-refractivity contribution in [3.8, 4) is 39.5 Å². The van der Waals surface area contributed by atoms with Gasteiger partial charge < -0.3 is 49.5 Å². The Labute approximate surface area is 370 Å². The molecular weight excluding hydrogens is 815 g/mol. The quantitative estimate of drug-likeness (QED) is 0.0855. The molecule has 1 unspecified atom stereocenters. The zero-order valence-electron chi connectivity index (χ0n) is 36.5. The summed E-state index contributed by atoms with van der Waals surface area (Å²) < 4.78 is 13.9. The van der Waals surface area contributed by atoms with E-state index in [1.54, 1.807) is 11.1 Å². The molecule has 3 aliphatic heterocycles. The summed E-state index contributed by atoms with van der Waals surface area (Å²) >= 11 is 0. The smallest absolute Gasteiger partial charge is 0.407 e. The third-order valence-electron chi connectivity index (χ3n) is 12.8. The van der Waals surface area contributed by atoms with Gasteiger partial charge in [-0.05, 0) is 67.9 Å². The summed E-state index contributed by atoms with van der Waals surface area (Å²) in [4.78, 5) is 71.0. The molecule has 64 heavy (non-hydrogen) atoms. The van der Waals surface area contributed by atoms with Crippen LogP contribution in [-0.4, -0.2) is 95.7 Å². The lowest BCUT2D eigenvalue weighted by atomic mass is 10.0. The Morgan fingerprint density at radius 2 is 1.34 bits per heavy atom. The molecule has 4 amide bonds. The van der Waals surface area contributed by atoms with Crippen molar-refractivity contribution < 1.29 is 33.8 Å². The zero-order valence-corrected chi connectivity index (χ0v) is 36.5. The number of rotatable bonds is 11. The topological polar surface area (TPSA) is 200 Å². The number of benzene rings is 3. The lowest BCUT2D eigenvalue weighted by Crippen LogP contribution is -2.51. The van der Waals surface area contributed by atoms with Crippen LogP contribution in [-0.2, 0) is 14.3 Å². The number of imidazole rings is 2. The maximum atomic E-state index is 13.8. The second-order valence-electron chi connectivity index (χ2n) is 17.5. The number of likely N-dealkylation sites (tertiary alicyclic amines) is 2. The SMILES string of the molecule is COC(=O)N[C@H](C(=O)N1CCC[C@H]1c1ncc(-c2ccc3c(c2)cc2n3C(c3ccccc3)Oc3cc(-c4cnc([C@@H]5CCCN5C(=O)[C@@H](NC(=O)O)C(C)C)[nH]4)ccc3-2)[nH]1)C(C)C. The van der Waals surface area contributed by atoms with Crippen LogP contribution < -0.4 is 15.4 Å². The summed E-state index contributed by atoms with van der Waals surface area (Å²) in [7, 11) is 1.29. The average Bonchev–Trinajstić information content (AvgIpc) is 4.15. The van der Waals surface area contributed by atoms with Gasteiger partial charge in [0.1, 0.15) is 29.5 Å². The van der Waals surface area contributed by atoms with E-state index < -0.39 is 30.5 Å². The van der Waals surface area contributed by atoms with E-state index in [9.17, 15) is 24.3 Å². The lowest BCUT2D eigenvalue weighted by molar-refractivity contribution is -0.136. The summed E-state index contributed by atoms with van der Waals surface area (Å²) in [6.45, 7) is 8.56. The lowest BCUT2D eigenvalue weighted by Gasteiger charge is -2.30.